The first-order chi connectivity index (χ1) is 8.72. The Balaban J connectivity index is 1.89. The number of fused-ring (bicyclic) bond motifs is 1. The molecule has 0 radical (unpaired) electrons. The minimum absolute atomic E-state index is 0.566. The van der Waals surface area contributed by atoms with Gasteiger partial charge in [-0.1, -0.05) is 0 Å². The number of hydrogen-bond acceptors (Lipinski definition) is 5. The minimum Gasteiger partial charge on any atom is -0.472 e. The van der Waals surface area contributed by atoms with Gasteiger partial charge >= 0.3 is 0 Å². The van der Waals surface area contributed by atoms with Crippen molar-refractivity contribution in [3.8, 4) is 0 Å². The number of nitrogens with two attached hydrogens (primary N) is 1. The second-order valence-electron chi connectivity index (χ2n) is 4.21. The molecule has 2 heterocycles. The third kappa shape index (κ3) is 1.90. The van der Waals surface area contributed by atoms with Crippen molar-refractivity contribution < 1.29 is 8.83 Å². The standard InChI is InChI=1S/C13H13N3O2/c1-16(7-9-4-5-17-8-9)13-15-11-6-10(14)2-3-12(11)18-13/h2-6,8H,7,14H2,1H3. The summed E-state index contributed by atoms with van der Waals surface area (Å²) >= 11 is 0. The van der Waals surface area contributed by atoms with E-state index in [9.17, 15) is 0 Å². The number of benzene rings is 1. The van der Waals surface area contributed by atoms with Gasteiger partial charge in [0.05, 0.1) is 19.1 Å². The Morgan fingerprint density at radius 3 is 3.00 bits per heavy atom. The molecule has 3 rings (SSSR count). The zero-order chi connectivity index (χ0) is 12.5. The highest BCUT2D eigenvalue weighted by atomic mass is 16.4. The molecule has 5 nitrogen and oxygen atoms in total. The molecule has 0 fully saturated rings. The molecule has 92 valence electrons. The summed E-state index contributed by atoms with van der Waals surface area (Å²) in [6.07, 6.45) is 3.35. The van der Waals surface area contributed by atoms with E-state index in [1.165, 1.54) is 0 Å². The zero-order valence-corrected chi connectivity index (χ0v) is 9.96. The molecule has 2 aromatic heterocycles. The number of rotatable bonds is 3. The summed E-state index contributed by atoms with van der Waals surface area (Å²) in [6, 6.07) is 7.91. The monoisotopic (exact) mass is 243 g/mol. The first-order valence-electron chi connectivity index (χ1n) is 5.60. The molecule has 0 saturated carbocycles. The molecule has 0 amide bonds. The van der Waals surface area contributed by atoms with Crippen LogP contribution in [0.5, 0.6) is 0 Å². The number of nitrogen functional groups attached to an aromatic ring is 1. The molecule has 0 atom stereocenters. The molecule has 0 unspecified atom stereocenters. The molecular weight excluding hydrogens is 230 g/mol. The zero-order valence-electron chi connectivity index (χ0n) is 9.96. The van der Waals surface area contributed by atoms with Crippen LogP contribution in [0, 0.1) is 0 Å². The molecule has 0 aliphatic rings. The average molecular weight is 243 g/mol. The lowest BCUT2D eigenvalue weighted by atomic mass is 10.3. The van der Waals surface area contributed by atoms with Crippen molar-refractivity contribution in [3.05, 3.63) is 42.4 Å². The van der Waals surface area contributed by atoms with Gasteiger partial charge in [0.2, 0.25) is 0 Å². The Morgan fingerprint density at radius 2 is 2.22 bits per heavy atom. The van der Waals surface area contributed by atoms with Crippen molar-refractivity contribution in [2.75, 3.05) is 17.7 Å². The van der Waals surface area contributed by atoms with E-state index in [1.807, 2.05) is 24.1 Å². The van der Waals surface area contributed by atoms with E-state index in [2.05, 4.69) is 4.98 Å². The predicted molar refractivity (Wildman–Crippen MR) is 69.2 cm³/mol. The highest BCUT2D eigenvalue weighted by Gasteiger charge is 2.11. The number of furan rings is 1. The van der Waals surface area contributed by atoms with E-state index in [1.54, 1.807) is 24.7 Å². The van der Waals surface area contributed by atoms with Crippen LogP contribution in [0.1, 0.15) is 5.56 Å². The lowest BCUT2D eigenvalue weighted by molar-refractivity contribution is 0.559. The number of hydrogen-bond donors (Lipinski definition) is 1. The summed E-state index contributed by atoms with van der Waals surface area (Å²) < 4.78 is 10.7. The summed E-state index contributed by atoms with van der Waals surface area (Å²) in [7, 11) is 1.92. The van der Waals surface area contributed by atoms with Gasteiger partial charge in [0.1, 0.15) is 5.52 Å². The van der Waals surface area contributed by atoms with Crippen molar-refractivity contribution in [2.24, 2.45) is 0 Å². The van der Waals surface area contributed by atoms with Crippen LogP contribution >= 0.6 is 0 Å². The van der Waals surface area contributed by atoms with Gasteiger partial charge in [-0.05, 0) is 24.3 Å². The molecule has 0 bridgehead atoms. The van der Waals surface area contributed by atoms with Crippen LogP contribution in [0.25, 0.3) is 11.1 Å². The Bertz CT molecular complexity index is 658. The maximum atomic E-state index is 5.71. The molecule has 2 N–H and O–H groups in total. The van der Waals surface area contributed by atoms with Crippen LogP contribution in [0.15, 0.2) is 45.6 Å². The second kappa shape index (κ2) is 4.10. The quantitative estimate of drug-likeness (QED) is 0.716. The molecule has 0 aliphatic carbocycles. The summed E-state index contributed by atoms with van der Waals surface area (Å²) in [4.78, 5) is 6.32. The number of aromatic nitrogens is 1. The Labute approximate surface area is 104 Å². The van der Waals surface area contributed by atoms with Crippen LogP contribution in [-0.4, -0.2) is 12.0 Å². The highest BCUT2D eigenvalue weighted by Crippen LogP contribution is 2.23. The maximum Gasteiger partial charge on any atom is 0.298 e. The van der Waals surface area contributed by atoms with Gasteiger partial charge in [0.25, 0.3) is 6.01 Å². The van der Waals surface area contributed by atoms with Crippen molar-refractivity contribution in [1.82, 2.24) is 4.98 Å². The van der Waals surface area contributed by atoms with Gasteiger partial charge in [-0.15, -0.1) is 0 Å². The number of nitrogens with zero attached hydrogens (tertiary/aromatic N) is 2. The van der Waals surface area contributed by atoms with Gasteiger partial charge in [-0.25, -0.2) is 0 Å². The number of oxazole rings is 1. The molecule has 0 aliphatic heterocycles. The van der Waals surface area contributed by atoms with Gasteiger partial charge in [0, 0.05) is 18.3 Å². The lowest BCUT2D eigenvalue weighted by Gasteiger charge is -2.12. The summed E-state index contributed by atoms with van der Waals surface area (Å²) in [6.45, 7) is 0.679. The van der Waals surface area contributed by atoms with Crippen LogP contribution in [0.2, 0.25) is 0 Å². The fourth-order valence-electron chi connectivity index (χ4n) is 1.82. The van der Waals surface area contributed by atoms with Crippen LogP contribution in [-0.2, 0) is 6.54 Å². The topological polar surface area (TPSA) is 68.4 Å². The van der Waals surface area contributed by atoms with E-state index in [0.29, 0.717) is 18.2 Å². The molecule has 18 heavy (non-hydrogen) atoms. The average Bonchev–Trinajstić information content (AvgIpc) is 2.96. The molecule has 5 heteroatoms. The molecule has 1 aromatic carbocycles. The van der Waals surface area contributed by atoms with Gasteiger partial charge in [-0.3, -0.25) is 0 Å². The third-order valence-electron chi connectivity index (χ3n) is 2.73. The van der Waals surface area contributed by atoms with E-state index in [0.717, 1.165) is 16.7 Å². The SMILES string of the molecule is CN(Cc1ccoc1)c1nc2cc(N)ccc2o1. The van der Waals surface area contributed by atoms with E-state index in [4.69, 9.17) is 14.6 Å². The predicted octanol–water partition coefficient (Wildman–Crippen LogP) is 2.64. The maximum absolute atomic E-state index is 5.71. The smallest absolute Gasteiger partial charge is 0.298 e. The van der Waals surface area contributed by atoms with Crippen LogP contribution < -0.4 is 10.6 Å². The second-order valence-corrected chi connectivity index (χ2v) is 4.21. The molecule has 3 aromatic rings. The van der Waals surface area contributed by atoms with Crippen molar-refractivity contribution in [3.63, 3.8) is 0 Å². The summed E-state index contributed by atoms with van der Waals surface area (Å²) in [5, 5.41) is 0. The first-order valence-corrected chi connectivity index (χ1v) is 5.60. The number of anilines is 2. The van der Waals surface area contributed by atoms with E-state index in [-0.39, 0.29) is 0 Å². The molecule has 0 spiro atoms. The molecular formula is C13H13N3O2. The van der Waals surface area contributed by atoms with E-state index < -0.39 is 0 Å². The van der Waals surface area contributed by atoms with E-state index >= 15 is 0 Å². The Morgan fingerprint density at radius 1 is 1.33 bits per heavy atom. The highest BCUT2D eigenvalue weighted by molar-refractivity contribution is 5.78. The van der Waals surface area contributed by atoms with Gasteiger partial charge < -0.3 is 19.5 Å². The van der Waals surface area contributed by atoms with Crippen LogP contribution in [0.3, 0.4) is 0 Å². The molecule has 0 saturated heterocycles. The fourth-order valence-corrected chi connectivity index (χ4v) is 1.82. The first kappa shape index (κ1) is 10.7. The minimum atomic E-state index is 0.566. The summed E-state index contributed by atoms with van der Waals surface area (Å²) in [5.41, 5.74) is 8.96. The van der Waals surface area contributed by atoms with Crippen molar-refractivity contribution in [2.45, 2.75) is 6.54 Å². The Kier molecular flexibility index (Phi) is 2.44. The van der Waals surface area contributed by atoms with Gasteiger partial charge in [-0.2, -0.15) is 4.98 Å². The third-order valence-corrected chi connectivity index (χ3v) is 2.73. The van der Waals surface area contributed by atoms with Crippen molar-refractivity contribution in [1.29, 1.82) is 0 Å². The normalized spacial score (nSPS) is 10.9. The van der Waals surface area contributed by atoms with Gasteiger partial charge in [0.15, 0.2) is 5.58 Å². The largest absolute Gasteiger partial charge is 0.472 e. The van der Waals surface area contributed by atoms with Crippen LogP contribution in [0.4, 0.5) is 11.7 Å². The summed E-state index contributed by atoms with van der Waals surface area (Å²) in [5.74, 6) is 0. The van der Waals surface area contributed by atoms with Crippen molar-refractivity contribution >= 4 is 22.8 Å². The lowest BCUT2D eigenvalue weighted by Crippen LogP contribution is -2.15. The fraction of sp³-hybridized carbons (Fsp3) is 0.154. The Hall–Kier alpha value is -2.43.